The third-order valence-corrected chi connectivity index (χ3v) is 6.34. The number of hydrogen-bond acceptors (Lipinski definition) is 6. The maximum Gasteiger partial charge on any atom is 0.251 e. The van der Waals surface area contributed by atoms with Crippen molar-refractivity contribution in [2.75, 3.05) is 12.1 Å². The fourth-order valence-corrected chi connectivity index (χ4v) is 4.43. The molecule has 2 heterocycles. The summed E-state index contributed by atoms with van der Waals surface area (Å²) in [6, 6.07) is 10.2. The van der Waals surface area contributed by atoms with Crippen molar-refractivity contribution in [1.29, 1.82) is 0 Å². The number of rotatable bonds is 7. The van der Waals surface area contributed by atoms with Crippen LogP contribution < -0.4 is 20.1 Å². The fraction of sp³-hybridized carbons (Fsp3) is 0.292. The van der Waals surface area contributed by atoms with Gasteiger partial charge in [-0.2, -0.15) is 0 Å². The summed E-state index contributed by atoms with van der Waals surface area (Å²) in [5, 5.41) is 6.03. The molecule has 0 spiro atoms. The summed E-state index contributed by atoms with van der Waals surface area (Å²) in [7, 11) is 0. The lowest BCUT2D eigenvalue weighted by molar-refractivity contribution is -0.118. The van der Waals surface area contributed by atoms with E-state index in [0.717, 1.165) is 27.6 Å². The van der Waals surface area contributed by atoms with Crippen LogP contribution in [0.25, 0.3) is 0 Å². The fourth-order valence-electron chi connectivity index (χ4n) is 3.43. The average Bonchev–Trinajstić information content (AvgIpc) is 3.37. The van der Waals surface area contributed by atoms with Gasteiger partial charge in [0.15, 0.2) is 16.6 Å². The number of benzene rings is 2. The Morgan fingerprint density at radius 3 is 2.58 bits per heavy atom. The topological polar surface area (TPSA) is 89.6 Å². The quantitative estimate of drug-likeness (QED) is 0.539. The van der Waals surface area contributed by atoms with Gasteiger partial charge < -0.3 is 20.1 Å². The SMILES string of the molecule is Cc1nc(NC(=O)C(NC(=O)c2ccc(F)cc2)C(C)C)sc1Cc1ccc2c(c1)OCO2. The van der Waals surface area contributed by atoms with Crippen molar-refractivity contribution in [2.45, 2.75) is 33.2 Å². The Kier molecular flexibility index (Phi) is 6.60. The molecule has 33 heavy (non-hydrogen) atoms. The molecule has 0 bridgehead atoms. The number of amides is 2. The number of nitrogens with one attached hydrogen (secondary N) is 2. The maximum absolute atomic E-state index is 13.1. The third kappa shape index (κ3) is 5.31. The lowest BCUT2D eigenvalue weighted by atomic mass is 10.0. The van der Waals surface area contributed by atoms with Gasteiger partial charge >= 0.3 is 0 Å². The second kappa shape index (κ2) is 9.58. The number of halogens is 1. The van der Waals surface area contributed by atoms with Crippen LogP contribution >= 0.6 is 11.3 Å². The highest BCUT2D eigenvalue weighted by atomic mass is 32.1. The number of aromatic nitrogens is 1. The van der Waals surface area contributed by atoms with E-state index in [-0.39, 0.29) is 24.2 Å². The molecule has 1 aromatic heterocycles. The van der Waals surface area contributed by atoms with Crippen molar-refractivity contribution in [1.82, 2.24) is 10.3 Å². The number of aryl methyl sites for hydroxylation is 1. The zero-order valence-electron chi connectivity index (χ0n) is 18.5. The van der Waals surface area contributed by atoms with Gasteiger partial charge in [-0.1, -0.05) is 19.9 Å². The van der Waals surface area contributed by atoms with Gasteiger partial charge in [0.2, 0.25) is 12.7 Å². The highest BCUT2D eigenvalue weighted by Crippen LogP contribution is 2.34. The molecule has 0 saturated heterocycles. The monoisotopic (exact) mass is 469 g/mol. The number of nitrogens with zero attached hydrogens (tertiary/aromatic N) is 1. The summed E-state index contributed by atoms with van der Waals surface area (Å²) in [4.78, 5) is 31.0. The summed E-state index contributed by atoms with van der Waals surface area (Å²) in [6.45, 7) is 5.80. The van der Waals surface area contributed by atoms with Crippen LogP contribution in [0.2, 0.25) is 0 Å². The number of ether oxygens (including phenoxy) is 2. The third-order valence-electron chi connectivity index (χ3n) is 5.27. The Balaban J connectivity index is 1.43. The van der Waals surface area contributed by atoms with Gasteiger partial charge in [0.25, 0.3) is 5.91 Å². The van der Waals surface area contributed by atoms with Crippen molar-refractivity contribution in [3.05, 3.63) is 70.0 Å². The Labute approximate surface area is 194 Å². The molecule has 1 atom stereocenters. The summed E-state index contributed by atoms with van der Waals surface area (Å²) in [5.41, 5.74) is 2.16. The molecular formula is C24H24FN3O4S. The molecule has 172 valence electrons. The predicted molar refractivity (Wildman–Crippen MR) is 123 cm³/mol. The Bertz CT molecular complexity index is 1180. The second-order valence-corrected chi connectivity index (χ2v) is 9.17. The van der Waals surface area contributed by atoms with E-state index in [1.165, 1.54) is 35.6 Å². The van der Waals surface area contributed by atoms with Gasteiger partial charge in [0.05, 0.1) is 5.69 Å². The molecule has 4 rings (SSSR count). The molecule has 2 N–H and O–H groups in total. The number of fused-ring (bicyclic) bond motifs is 1. The maximum atomic E-state index is 13.1. The van der Waals surface area contributed by atoms with E-state index in [1.807, 2.05) is 39.0 Å². The zero-order chi connectivity index (χ0) is 23.5. The van der Waals surface area contributed by atoms with Crippen molar-refractivity contribution >= 4 is 28.3 Å². The lowest BCUT2D eigenvalue weighted by Crippen LogP contribution is -2.47. The molecule has 1 aliphatic rings. The van der Waals surface area contributed by atoms with E-state index in [0.29, 0.717) is 11.6 Å². The van der Waals surface area contributed by atoms with Crippen LogP contribution in [0, 0.1) is 18.7 Å². The van der Waals surface area contributed by atoms with Gasteiger partial charge in [-0.3, -0.25) is 9.59 Å². The first-order valence-corrected chi connectivity index (χ1v) is 11.3. The van der Waals surface area contributed by atoms with Crippen LogP contribution in [0.1, 0.15) is 40.3 Å². The van der Waals surface area contributed by atoms with Crippen molar-refractivity contribution < 1.29 is 23.5 Å². The summed E-state index contributed by atoms with van der Waals surface area (Å²) >= 11 is 1.39. The van der Waals surface area contributed by atoms with Crippen LogP contribution in [-0.2, 0) is 11.2 Å². The molecule has 2 aromatic carbocycles. The number of hydrogen-bond donors (Lipinski definition) is 2. The minimum absolute atomic E-state index is 0.163. The van der Waals surface area contributed by atoms with Crippen molar-refractivity contribution in [3.63, 3.8) is 0 Å². The molecule has 0 aliphatic carbocycles. The number of thiazole rings is 1. The lowest BCUT2D eigenvalue weighted by Gasteiger charge is -2.21. The first-order valence-electron chi connectivity index (χ1n) is 10.5. The molecule has 9 heteroatoms. The first-order chi connectivity index (χ1) is 15.8. The molecule has 0 saturated carbocycles. The highest BCUT2D eigenvalue weighted by molar-refractivity contribution is 7.15. The van der Waals surface area contributed by atoms with E-state index < -0.39 is 17.8 Å². The van der Waals surface area contributed by atoms with E-state index in [2.05, 4.69) is 15.6 Å². The summed E-state index contributed by atoms with van der Waals surface area (Å²) in [6.07, 6.45) is 0.644. The highest BCUT2D eigenvalue weighted by Gasteiger charge is 2.26. The molecule has 7 nitrogen and oxygen atoms in total. The van der Waals surface area contributed by atoms with Crippen LogP contribution in [-0.4, -0.2) is 29.6 Å². The zero-order valence-corrected chi connectivity index (χ0v) is 19.3. The summed E-state index contributed by atoms with van der Waals surface area (Å²) < 4.78 is 23.9. The molecule has 0 radical (unpaired) electrons. The molecule has 1 unspecified atom stereocenters. The predicted octanol–water partition coefficient (Wildman–Crippen LogP) is 4.30. The number of anilines is 1. The summed E-state index contributed by atoms with van der Waals surface area (Å²) in [5.74, 6) is 0.0606. The first kappa shape index (κ1) is 22.7. The Morgan fingerprint density at radius 1 is 1.12 bits per heavy atom. The molecular weight excluding hydrogens is 445 g/mol. The molecule has 3 aromatic rings. The van der Waals surface area contributed by atoms with Crippen molar-refractivity contribution in [2.24, 2.45) is 5.92 Å². The van der Waals surface area contributed by atoms with Gasteiger partial charge in [0, 0.05) is 16.9 Å². The van der Waals surface area contributed by atoms with Crippen LogP contribution in [0.4, 0.5) is 9.52 Å². The Morgan fingerprint density at radius 2 is 1.85 bits per heavy atom. The molecule has 0 fully saturated rings. The average molecular weight is 470 g/mol. The number of carbonyl (C=O) groups excluding carboxylic acids is 2. The smallest absolute Gasteiger partial charge is 0.251 e. The molecule has 2 amide bonds. The van der Waals surface area contributed by atoms with Gasteiger partial charge in [-0.15, -0.1) is 11.3 Å². The minimum atomic E-state index is -0.774. The van der Waals surface area contributed by atoms with Gasteiger partial charge in [-0.05, 0) is 54.8 Å². The van der Waals surface area contributed by atoms with E-state index in [4.69, 9.17) is 9.47 Å². The van der Waals surface area contributed by atoms with Crippen molar-refractivity contribution in [3.8, 4) is 11.5 Å². The second-order valence-electron chi connectivity index (χ2n) is 8.08. The molecule has 1 aliphatic heterocycles. The Hall–Kier alpha value is -3.46. The van der Waals surface area contributed by atoms with E-state index in [9.17, 15) is 14.0 Å². The minimum Gasteiger partial charge on any atom is -0.454 e. The van der Waals surface area contributed by atoms with Gasteiger partial charge in [-0.25, -0.2) is 9.37 Å². The normalized spacial score (nSPS) is 13.1. The van der Waals surface area contributed by atoms with E-state index in [1.54, 1.807) is 0 Å². The standard InChI is InChI=1S/C24H24FN3O4S/c1-13(2)21(27-22(29)16-5-7-17(25)8-6-16)23(30)28-24-26-14(3)20(33-24)11-15-4-9-18-19(10-15)32-12-31-18/h4-10,13,21H,11-12H2,1-3H3,(H,27,29)(H,26,28,30). The van der Waals surface area contributed by atoms with E-state index >= 15 is 0 Å². The van der Waals surface area contributed by atoms with Crippen LogP contribution in [0.15, 0.2) is 42.5 Å². The van der Waals surface area contributed by atoms with Gasteiger partial charge in [0.1, 0.15) is 11.9 Å². The van der Waals surface area contributed by atoms with Crippen LogP contribution in [0.5, 0.6) is 11.5 Å². The largest absolute Gasteiger partial charge is 0.454 e. The number of carbonyl (C=O) groups is 2. The van der Waals surface area contributed by atoms with Crippen LogP contribution in [0.3, 0.4) is 0 Å².